The number of nitrogens with zero attached hydrogens (tertiary/aromatic N) is 1. The summed E-state index contributed by atoms with van der Waals surface area (Å²) in [6.45, 7) is 8.65. The van der Waals surface area contributed by atoms with Gasteiger partial charge in [-0.25, -0.2) is 0 Å². The third kappa shape index (κ3) is 4.34. The van der Waals surface area contributed by atoms with Crippen molar-refractivity contribution in [2.45, 2.75) is 39.8 Å². The molecule has 1 saturated heterocycles. The van der Waals surface area contributed by atoms with Gasteiger partial charge >= 0.3 is 5.97 Å². The molecule has 2 heterocycles. The number of likely N-dealkylation sites (tertiary alicyclic amines) is 1. The van der Waals surface area contributed by atoms with Gasteiger partial charge in [0.25, 0.3) is 5.91 Å². The second-order valence-corrected chi connectivity index (χ2v) is 6.44. The van der Waals surface area contributed by atoms with E-state index in [1.165, 1.54) is 13.3 Å². The molecule has 3 atom stereocenters. The summed E-state index contributed by atoms with van der Waals surface area (Å²) in [5.41, 5.74) is 0. The summed E-state index contributed by atoms with van der Waals surface area (Å²) in [7, 11) is 0. The Kier molecular flexibility index (Phi) is 5.24. The zero-order valence-corrected chi connectivity index (χ0v) is 13.3. The smallest absolute Gasteiger partial charge is 0.325 e. The molecule has 1 aliphatic heterocycles. The van der Waals surface area contributed by atoms with Gasteiger partial charge in [0.05, 0.1) is 6.54 Å². The molecule has 0 bridgehead atoms. The Bertz CT molecular complexity index is 530. The highest BCUT2D eigenvalue weighted by Crippen LogP contribution is 2.23. The number of carbonyl (C=O) groups is 2. The first-order chi connectivity index (χ1) is 10.3. The maximum absolute atomic E-state index is 11.9. The lowest BCUT2D eigenvalue weighted by molar-refractivity contribution is -0.138. The van der Waals surface area contributed by atoms with Crippen molar-refractivity contribution in [3.8, 4) is 0 Å². The van der Waals surface area contributed by atoms with E-state index in [0.717, 1.165) is 18.8 Å². The predicted molar refractivity (Wildman–Crippen MR) is 81.5 cm³/mol. The van der Waals surface area contributed by atoms with Crippen LogP contribution >= 0.6 is 0 Å². The van der Waals surface area contributed by atoms with Crippen LogP contribution < -0.4 is 5.32 Å². The first-order valence-corrected chi connectivity index (χ1v) is 7.70. The van der Waals surface area contributed by atoms with Gasteiger partial charge in [-0.3, -0.25) is 14.5 Å². The van der Waals surface area contributed by atoms with Crippen LogP contribution in [0.25, 0.3) is 0 Å². The first-order valence-electron chi connectivity index (χ1n) is 7.70. The highest BCUT2D eigenvalue weighted by Gasteiger charge is 2.23. The summed E-state index contributed by atoms with van der Waals surface area (Å²) in [6, 6.07) is 2.44. The van der Waals surface area contributed by atoms with Gasteiger partial charge in [-0.1, -0.05) is 13.8 Å². The van der Waals surface area contributed by atoms with Crippen molar-refractivity contribution in [3.63, 3.8) is 0 Å². The van der Waals surface area contributed by atoms with Gasteiger partial charge < -0.3 is 14.8 Å². The highest BCUT2D eigenvalue weighted by molar-refractivity contribution is 5.94. The summed E-state index contributed by atoms with van der Waals surface area (Å²) in [4.78, 5) is 25.0. The molecule has 3 unspecified atom stereocenters. The second kappa shape index (κ2) is 6.96. The molecule has 0 aliphatic carbocycles. The van der Waals surface area contributed by atoms with Gasteiger partial charge in [0.1, 0.15) is 11.8 Å². The van der Waals surface area contributed by atoms with Gasteiger partial charge in [0.15, 0.2) is 5.76 Å². The minimum atomic E-state index is -1.07. The predicted octanol–water partition coefficient (Wildman–Crippen LogP) is 1.96. The lowest BCUT2D eigenvalue weighted by Gasteiger charge is -2.34. The van der Waals surface area contributed by atoms with Gasteiger partial charge in [0.2, 0.25) is 0 Å². The van der Waals surface area contributed by atoms with E-state index in [0.29, 0.717) is 18.4 Å². The molecule has 1 aromatic heterocycles. The topological polar surface area (TPSA) is 82.8 Å². The maximum Gasteiger partial charge on any atom is 0.325 e. The average molecular weight is 308 g/mol. The Labute approximate surface area is 130 Å². The van der Waals surface area contributed by atoms with Crippen molar-refractivity contribution in [1.29, 1.82) is 0 Å². The van der Waals surface area contributed by atoms with E-state index < -0.39 is 17.9 Å². The fourth-order valence-corrected chi connectivity index (χ4v) is 3.06. The van der Waals surface area contributed by atoms with Crippen molar-refractivity contribution in [3.05, 3.63) is 23.7 Å². The zero-order chi connectivity index (χ0) is 16.3. The van der Waals surface area contributed by atoms with Crippen molar-refractivity contribution in [2.75, 3.05) is 13.1 Å². The fourth-order valence-electron chi connectivity index (χ4n) is 3.06. The van der Waals surface area contributed by atoms with Gasteiger partial charge in [-0.2, -0.15) is 0 Å². The fraction of sp³-hybridized carbons (Fsp3) is 0.625. The third-order valence-corrected chi connectivity index (χ3v) is 3.93. The van der Waals surface area contributed by atoms with Crippen LogP contribution in [-0.2, 0) is 11.3 Å². The Balaban J connectivity index is 1.93. The largest absolute Gasteiger partial charge is 0.480 e. The van der Waals surface area contributed by atoms with Gasteiger partial charge in [-0.05, 0) is 37.3 Å². The Morgan fingerprint density at radius 2 is 2.00 bits per heavy atom. The van der Waals surface area contributed by atoms with Crippen molar-refractivity contribution in [1.82, 2.24) is 10.2 Å². The van der Waals surface area contributed by atoms with E-state index >= 15 is 0 Å². The van der Waals surface area contributed by atoms with Crippen molar-refractivity contribution in [2.24, 2.45) is 11.8 Å². The van der Waals surface area contributed by atoms with E-state index in [1.54, 1.807) is 12.1 Å². The highest BCUT2D eigenvalue weighted by atomic mass is 16.4. The minimum absolute atomic E-state index is 0.154. The van der Waals surface area contributed by atoms with Crippen molar-refractivity contribution >= 4 is 11.9 Å². The van der Waals surface area contributed by atoms with Crippen LogP contribution in [-0.4, -0.2) is 41.0 Å². The molecule has 1 fully saturated rings. The average Bonchev–Trinajstić information content (AvgIpc) is 2.85. The monoisotopic (exact) mass is 308 g/mol. The minimum Gasteiger partial charge on any atom is -0.480 e. The standard InChI is InChI=1S/C16H24N2O4/c1-10-6-11(2)8-18(7-10)9-13-4-5-14(22-13)15(19)17-12(3)16(20)21/h4-5,10-12H,6-9H2,1-3H3,(H,17,19)(H,20,21). The van der Waals surface area contributed by atoms with Crippen LogP contribution in [0.5, 0.6) is 0 Å². The number of carboxylic acid groups (broad SMARTS) is 1. The molecule has 1 aliphatic rings. The SMILES string of the molecule is CC1CC(C)CN(Cc2ccc(C(=O)NC(C)C(=O)O)o2)C1. The van der Waals surface area contributed by atoms with E-state index in [-0.39, 0.29) is 5.76 Å². The number of amides is 1. The van der Waals surface area contributed by atoms with Crippen LogP contribution in [0, 0.1) is 11.8 Å². The molecule has 22 heavy (non-hydrogen) atoms. The van der Waals surface area contributed by atoms with Gasteiger partial charge in [-0.15, -0.1) is 0 Å². The summed E-state index contributed by atoms with van der Waals surface area (Å²) in [6.07, 6.45) is 1.25. The summed E-state index contributed by atoms with van der Waals surface area (Å²) >= 11 is 0. The number of carboxylic acids is 1. The number of nitrogens with one attached hydrogen (secondary N) is 1. The Morgan fingerprint density at radius 3 is 2.59 bits per heavy atom. The van der Waals surface area contributed by atoms with E-state index in [1.807, 2.05) is 0 Å². The van der Waals surface area contributed by atoms with Crippen molar-refractivity contribution < 1.29 is 19.1 Å². The molecule has 0 radical (unpaired) electrons. The zero-order valence-electron chi connectivity index (χ0n) is 13.3. The lowest BCUT2D eigenvalue weighted by Crippen LogP contribution is -2.38. The molecule has 2 rings (SSSR count). The molecule has 0 spiro atoms. The number of hydrogen-bond donors (Lipinski definition) is 2. The number of hydrogen-bond acceptors (Lipinski definition) is 4. The summed E-state index contributed by atoms with van der Waals surface area (Å²) in [5, 5.41) is 11.2. The first kappa shape index (κ1) is 16.5. The van der Waals surface area contributed by atoms with E-state index in [4.69, 9.17) is 9.52 Å². The normalized spacial score (nSPS) is 24.0. The van der Waals surface area contributed by atoms with E-state index in [9.17, 15) is 9.59 Å². The van der Waals surface area contributed by atoms with Crippen LogP contribution in [0.4, 0.5) is 0 Å². The molecule has 0 aromatic carbocycles. The number of furan rings is 1. The van der Waals surface area contributed by atoms with Crippen LogP contribution in [0.1, 0.15) is 43.5 Å². The third-order valence-electron chi connectivity index (χ3n) is 3.93. The molecule has 1 amide bonds. The molecular weight excluding hydrogens is 284 g/mol. The molecular formula is C16H24N2O4. The molecule has 6 heteroatoms. The molecule has 6 nitrogen and oxygen atoms in total. The van der Waals surface area contributed by atoms with Crippen LogP contribution in [0.15, 0.2) is 16.5 Å². The summed E-state index contributed by atoms with van der Waals surface area (Å²) in [5.74, 6) is 0.643. The van der Waals surface area contributed by atoms with Crippen LogP contribution in [0.3, 0.4) is 0 Å². The van der Waals surface area contributed by atoms with Gasteiger partial charge in [0, 0.05) is 13.1 Å². The van der Waals surface area contributed by atoms with E-state index in [2.05, 4.69) is 24.1 Å². The second-order valence-electron chi connectivity index (χ2n) is 6.44. The Hall–Kier alpha value is -1.82. The molecule has 122 valence electrons. The van der Waals surface area contributed by atoms with Crippen LogP contribution in [0.2, 0.25) is 0 Å². The number of carbonyl (C=O) groups excluding carboxylic acids is 1. The number of aliphatic carboxylic acids is 1. The lowest BCUT2D eigenvalue weighted by atomic mass is 9.92. The molecule has 1 aromatic rings. The summed E-state index contributed by atoms with van der Waals surface area (Å²) < 4.78 is 5.55. The molecule has 2 N–H and O–H groups in total. The Morgan fingerprint density at radius 1 is 1.36 bits per heavy atom. The maximum atomic E-state index is 11.9. The quantitative estimate of drug-likeness (QED) is 0.869. The number of piperidine rings is 1. The molecule has 0 saturated carbocycles. The number of rotatable bonds is 5.